The van der Waals surface area contributed by atoms with Crippen LogP contribution in [0.3, 0.4) is 0 Å². The highest BCUT2D eigenvalue weighted by molar-refractivity contribution is 5.99. The molecule has 0 aliphatic carbocycles. The number of nitrogens with zero attached hydrogens (tertiary/aromatic N) is 1. The molecule has 0 saturated carbocycles. The van der Waals surface area contributed by atoms with Crippen molar-refractivity contribution in [3.05, 3.63) is 59.2 Å². The molecular weight excluding hydrogens is 316 g/mol. The Morgan fingerprint density at radius 3 is 2.76 bits per heavy atom. The van der Waals surface area contributed by atoms with Gasteiger partial charge in [0, 0.05) is 13.6 Å². The number of nitrogens with one attached hydrogen (secondary N) is 1. The lowest BCUT2D eigenvalue weighted by Crippen LogP contribution is -2.42. The van der Waals surface area contributed by atoms with Gasteiger partial charge in [-0.3, -0.25) is 9.59 Å². The van der Waals surface area contributed by atoms with E-state index in [0.29, 0.717) is 18.0 Å². The zero-order valence-corrected chi connectivity index (χ0v) is 14.7. The summed E-state index contributed by atoms with van der Waals surface area (Å²) in [6.07, 6.45) is -0.225. The quantitative estimate of drug-likeness (QED) is 0.932. The molecule has 0 radical (unpaired) electrons. The van der Waals surface area contributed by atoms with Crippen LogP contribution in [-0.2, 0) is 22.6 Å². The molecule has 0 bridgehead atoms. The second kappa shape index (κ2) is 6.97. The van der Waals surface area contributed by atoms with Gasteiger partial charge in [-0.15, -0.1) is 0 Å². The average Bonchev–Trinajstić information content (AvgIpc) is 2.60. The van der Waals surface area contributed by atoms with Gasteiger partial charge in [-0.2, -0.15) is 0 Å². The van der Waals surface area contributed by atoms with Gasteiger partial charge in [0.15, 0.2) is 6.10 Å². The summed E-state index contributed by atoms with van der Waals surface area (Å²) in [5.41, 5.74) is 3.81. The first-order valence-corrected chi connectivity index (χ1v) is 8.34. The lowest BCUT2D eigenvalue weighted by molar-refractivity contribution is -0.125. The number of carbonyl (C=O) groups excluding carboxylic acids is 2. The van der Waals surface area contributed by atoms with E-state index < -0.39 is 6.10 Å². The highest BCUT2D eigenvalue weighted by Crippen LogP contribution is 2.34. The van der Waals surface area contributed by atoms with Crippen molar-refractivity contribution < 1.29 is 14.3 Å². The molecule has 0 saturated heterocycles. The number of carbonyl (C=O) groups is 2. The Balaban J connectivity index is 1.66. The van der Waals surface area contributed by atoms with Crippen LogP contribution in [0, 0.1) is 6.92 Å². The van der Waals surface area contributed by atoms with E-state index in [9.17, 15) is 9.59 Å². The van der Waals surface area contributed by atoms with Crippen molar-refractivity contribution in [2.45, 2.75) is 32.9 Å². The molecule has 2 aromatic rings. The van der Waals surface area contributed by atoms with Crippen molar-refractivity contribution in [3.63, 3.8) is 0 Å². The minimum atomic E-state index is -0.485. The molecule has 1 aliphatic heterocycles. The van der Waals surface area contributed by atoms with E-state index in [-0.39, 0.29) is 18.2 Å². The van der Waals surface area contributed by atoms with Crippen LogP contribution < -0.4 is 15.0 Å². The van der Waals surface area contributed by atoms with E-state index in [1.165, 1.54) is 0 Å². The molecule has 1 N–H and O–H groups in total. The number of rotatable bonds is 4. The first kappa shape index (κ1) is 17.0. The van der Waals surface area contributed by atoms with Crippen molar-refractivity contribution >= 4 is 17.5 Å². The van der Waals surface area contributed by atoms with E-state index in [1.807, 2.05) is 49.4 Å². The third-order valence-corrected chi connectivity index (χ3v) is 4.47. The van der Waals surface area contributed by atoms with Crippen molar-refractivity contribution in [2.75, 3.05) is 11.9 Å². The van der Waals surface area contributed by atoms with Gasteiger partial charge in [-0.05, 0) is 42.7 Å². The summed E-state index contributed by atoms with van der Waals surface area (Å²) in [4.78, 5) is 25.9. The number of benzene rings is 2. The molecule has 2 aromatic carbocycles. The van der Waals surface area contributed by atoms with Crippen LogP contribution >= 0.6 is 0 Å². The summed E-state index contributed by atoms with van der Waals surface area (Å²) in [6.45, 7) is 4.27. The molecule has 0 aromatic heterocycles. The van der Waals surface area contributed by atoms with Gasteiger partial charge in [0.1, 0.15) is 5.75 Å². The molecule has 25 heavy (non-hydrogen) atoms. The number of ether oxygens (including phenoxy) is 1. The first-order valence-electron chi connectivity index (χ1n) is 8.34. The maximum Gasteiger partial charge on any atom is 0.267 e. The lowest BCUT2D eigenvalue weighted by atomic mass is 10.1. The molecule has 0 spiro atoms. The Labute approximate surface area is 147 Å². The number of fused-ring (bicyclic) bond motifs is 1. The van der Waals surface area contributed by atoms with Crippen LogP contribution in [-0.4, -0.2) is 25.0 Å². The van der Waals surface area contributed by atoms with E-state index in [1.54, 1.807) is 18.9 Å². The molecule has 130 valence electrons. The second-order valence-corrected chi connectivity index (χ2v) is 6.34. The van der Waals surface area contributed by atoms with Crippen LogP contribution in [0.1, 0.15) is 23.6 Å². The minimum absolute atomic E-state index is 0.0534. The number of anilines is 1. The molecule has 1 atom stereocenters. The van der Waals surface area contributed by atoms with Crippen molar-refractivity contribution in [1.82, 2.24) is 5.32 Å². The smallest absolute Gasteiger partial charge is 0.267 e. The summed E-state index contributed by atoms with van der Waals surface area (Å²) < 4.78 is 5.60. The number of hydrogen-bond donors (Lipinski definition) is 1. The lowest BCUT2D eigenvalue weighted by Gasteiger charge is -2.30. The highest BCUT2D eigenvalue weighted by atomic mass is 16.5. The fraction of sp³-hybridized carbons (Fsp3) is 0.300. The molecular formula is C20H22N2O3. The molecule has 0 fully saturated rings. The highest BCUT2D eigenvalue weighted by Gasteiger charge is 2.28. The summed E-state index contributed by atoms with van der Waals surface area (Å²) in [6, 6.07) is 13.5. The van der Waals surface area contributed by atoms with Gasteiger partial charge in [0.05, 0.1) is 12.1 Å². The maximum absolute atomic E-state index is 12.2. The summed E-state index contributed by atoms with van der Waals surface area (Å²) in [5, 5.41) is 2.94. The van der Waals surface area contributed by atoms with E-state index in [2.05, 4.69) is 5.32 Å². The standard InChI is InChI=1S/C20H22N2O3/c1-13-6-4-5-7-16(13)12-21-19(23)11-15-8-9-18-17(10-15)22(3)20(24)14(2)25-18/h4-10,14H,11-12H2,1-3H3,(H,21,23). The average molecular weight is 338 g/mol. The van der Waals surface area contributed by atoms with Crippen LogP contribution in [0.5, 0.6) is 5.75 Å². The zero-order valence-electron chi connectivity index (χ0n) is 14.7. The zero-order chi connectivity index (χ0) is 18.0. The van der Waals surface area contributed by atoms with Gasteiger partial charge in [0.25, 0.3) is 5.91 Å². The molecule has 5 nitrogen and oxygen atoms in total. The van der Waals surface area contributed by atoms with Gasteiger partial charge in [-0.1, -0.05) is 30.3 Å². The van der Waals surface area contributed by atoms with Gasteiger partial charge >= 0.3 is 0 Å². The number of aryl methyl sites for hydroxylation is 1. The van der Waals surface area contributed by atoms with Crippen molar-refractivity contribution in [1.29, 1.82) is 0 Å². The summed E-state index contributed by atoms with van der Waals surface area (Å²) in [7, 11) is 1.72. The Hall–Kier alpha value is -2.82. The third-order valence-electron chi connectivity index (χ3n) is 4.47. The Morgan fingerprint density at radius 2 is 2.00 bits per heavy atom. The second-order valence-electron chi connectivity index (χ2n) is 6.34. The predicted octanol–water partition coefficient (Wildman–Crippen LogP) is 2.60. The third kappa shape index (κ3) is 3.65. The monoisotopic (exact) mass is 338 g/mol. The van der Waals surface area contributed by atoms with Crippen molar-refractivity contribution in [3.8, 4) is 5.75 Å². The molecule has 2 amide bonds. The fourth-order valence-corrected chi connectivity index (χ4v) is 2.92. The molecule has 1 unspecified atom stereocenters. The minimum Gasteiger partial charge on any atom is -0.479 e. The molecule has 5 heteroatoms. The number of hydrogen-bond acceptors (Lipinski definition) is 3. The number of amides is 2. The molecule has 1 aliphatic rings. The van der Waals surface area contributed by atoms with E-state index in [0.717, 1.165) is 16.7 Å². The van der Waals surface area contributed by atoms with Crippen LogP contribution in [0.25, 0.3) is 0 Å². The van der Waals surface area contributed by atoms with Crippen LogP contribution in [0.4, 0.5) is 5.69 Å². The van der Waals surface area contributed by atoms with Crippen molar-refractivity contribution in [2.24, 2.45) is 0 Å². The summed E-state index contributed by atoms with van der Waals surface area (Å²) in [5.74, 6) is 0.523. The Bertz CT molecular complexity index is 816. The fourth-order valence-electron chi connectivity index (χ4n) is 2.92. The Morgan fingerprint density at radius 1 is 1.24 bits per heavy atom. The first-order chi connectivity index (χ1) is 12.0. The normalized spacial score (nSPS) is 16.2. The van der Waals surface area contributed by atoms with E-state index >= 15 is 0 Å². The van der Waals surface area contributed by atoms with Crippen LogP contribution in [0.2, 0.25) is 0 Å². The maximum atomic E-state index is 12.2. The largest absolute Gasteiger partial charge is 0.479 e. The SMILES string of the molecule is Cc1ccccc1CNC(=O)Cc1ccc2c(c1)N(C)C(=O)C(C)O2. The topological polar surface area (TPSA) is 58.6 Å². The van der Waals surface area contributed by atoms with Gasteiger partial charge in [0.2, 0.25) is 5.91 Å². The van der Waals surface area contributed by atoms with Gasteiger partial charge in [-0.25, -0.2) is 0 Å². The molecule has 1 heterocycles. The number of likely N-dealkylation sites (N-methyl/N-ethyl adjacent to an activating group) is 1. The van der Waals surface area contributed by atoms with Gasteiger partial charge < -0.3 is 15.0 Å². The van der Waals surface area contributed by atoms with E-state index in [4.69, 9.17) is 4.74 Å². The van der Waals surface area contributed by atoms with Crippen LogP contribution in [0.15, 0.2) is 42.5 Å². The predicted molar refractivity (Wildman–Crippen MR) is 96.7 cm³/mol. The molecule has 3 rings (SSSR count). The summed E-state index contributed by atoms with van der Waals surface area (Å²) >= 11 is 0. The Kier molecular flexibility index (Phi) is 4.74.